The lowest BCUT2D eigenvalue weighted by atomic mass is 10.0. The van der Waals surface area contributed by atoms with Gasteiger partial charge in [-0.3, -0.25) is 9.59 Å². The molecule has 0 bridgehead atoms. The van der Waals surface area contributed by atoms with Crippen molar-refractivity contribution in [1.29, 1.82) is 0 Å². The van der Waals surface area contributed by atoms with Crippen LogP contribution < -0.4 is 5.32 Å². The van der Waals surface area contributed by atoms with Crippen LogP contribution in [0, 0.1) is 13.8 Å². The summed E-state index contributed by atoms with van der Waals surface area (Å²) in [5.74, 6) is -1.17. The van der Waals surface area contributed by atoms with Gasteiger partial charge in [0.1, 0.15) is 0 Å². The zero-order chi connectivity index (χ0) is 22.5. The zero-order valence-electron chi connectivity index (χ0n) is 18.8. The monoisotopic (exact) mass is 418 g/mol. The molecule has 0 aliphatic heterocycles. The van der Waals surface area contributed by atoms with Crippen LogP contribution in [0.25, 0.3) is 5.69 Å². The minimum Gasteiger partial charge on any atom is -0.347 e. The molecule has 1 aromatic heterocycles. The number of nitrogens with zero attached hydrogens (tertiary/aromatic N) is 3. The minimum absolute atomic E-state index is 0.0307. The molecule has 0 aliphatic rings. The predicted molar refractivity (Wildman–Crippen MR) is 123 cm³/mol. The summed E-state index contributed by atoms with van der Waals surface area (Å²) in [6.07, 6.45) is 0.980. The van der Waals surface area contributed by atoms with Crippen molar-refractivity contribution in [2.75, 3.05) is 20.6 Å². The van der Waals surface area contributed by atoms with Crippen LogP contribution in [0.5, 0.6) is 0 Å². The van der Waals surface area contributed by atoms with Gasteiger partial charge in [0.05, 0.1) is 28.7 Å². The van der Waals surface area contributed by atoms with Crippen LogP contribution in [0.3, 0.4) is 0 Å². The molecule has 6 nitrogen and oxygen atoms in total. The molecule has 1 atom stereocenters. The first-order valence-electron chi connectivity index (χ1n) is 10.5. The van der Waals surface area contributed by atoms with E-state index in [2.05, 4.69) is 41.6 Å². The second kappa shape index (κ2) is 9.71. The maximum Gasteiger partial charge on any atom is 0.292 e. The number of carbonyl (C=O) groups is 2. The third kappa shape index (κ3) is 4.91. The number of ketones is 1. The molecule has 31 heavy (non-hydrogen) atoms. The second-order valence-corrected chi connectivity index (χ2v) is 7.91. The largest absolute Gasteiger partial charge is 0.347 e. The summed E-state index contributed by atoms with van der Waals surface area (Å²) in [5, 5.41) is 7.30. The van der Waals surface area contributed by atoms with E-state index in [1.807, 2.05) is 56.3 Å². The number of rotatable bonds is 8. The van der Waals surface area contributed by atoms with E-state index in [-0.39, 0.29) is 6.04 Å². The van der Waals surface area contributed by atoms with Gasteiger partial charge >= 0.3 is 0 Å². The Bertz CT molecular complexity index is 1050. The van der Waals surface area contributed by atoms with E-state index < -0.39 is 11.7 Å². The summed E-state index contributed by atoms with van der Waals surface area (Å²) in [4.78, 5) is 27.7. The van der Waals surface area contributed by atoms with Gasteiger partial charge in [-0.1, -0.05) is 49.4 Å². The Balaban J connectivity index is 1.75. The Morgan fingerprint density at radius 3 is 2.26 bits per heavy atom. The highest BCUT2D eigenvalue weighted by atomic mass is 16.2. The van der Waals surface area contributed by atoms with Gasteiger partial charge in [-0.2, -0.15) is 5.10 Å². The second-order valence-electron chi connectivity index (χ2n) is 7.91. The average molecular weight is 419 g/mol. The van der Waals surface area contributed by atoms with E-state index >= 15 is 0 Å². The molecule has 0 radical (unpaired) electrons. The summed E-state index contributed by atoms with van der Waals surface area (Å²) in [6, 6.07) is 17.9. The van der Waals surface area contributed by atoms with Gasteiger partial charge < -0.3 is 10.2 Å². The average Bonchev–Trinajstić information content (AvgIpc) is 3.07. The first-order chi connectivity index (χ1) is 14.8. The number of aryl methyl sites for hydroxylation is 2. The molecule has 0 saturated carbocycles. The molecule has 0 saturated heterocycles. The van der Waals surface area contributed by atoms with E-state index in [1.165, 1.54) is 5.56 Å². The first kappa shape index (κ1) is 22.4. The zero-order valence-corrected chi connectivity index (χ0v) is 18.8. The molecule has 0 aliphatic carbocycles. The van der Waals surface area contributed by atoms with Gasteiger partial charge in [0.15, 0.2) is 0 Å². The summed E-state index contributed by atoms with van der Waals surface area (Å²) in [6.45, 7) is 6.03. The number of hydrogen-bond acceptors (Lipinski definition) is 4. The number of carbonyl (C=O) groups excluding carboxylic acids is 2. The fourth-order valence-corrected chi connectivity index (χ4v) is 3.75. The maximum absolute atomic E-state index is 13.0. The Hall–Kier alpha value is -3.25. The Morgan fingerprint density at radius 1 is 1.03 bits per heavy atom. The van der Waals surface area contributed by atoms with Crippen LogP contribution in [0.2, 0.25) is 0 Å². The number of hydrogen-bond donors (Lipinski definition) is 1. The van der Waals surface area contributed by atoms with Gasteiger partial charge in [-0.15, -0.1) is 0 Å². The van der Waals surface area contributed by atoms with Crippen molar-refractivity contribution >= 4 is 11.7 Å². The molecular formula is C25H30N4O2. The highest BCUT2D eigenvalue weighted by Crippen LogP contribution is 2.20. The van der Waals surface area contributed by atoms with Crippen LogP contribution in [-0.4, -0.2) is 47.0 Å². The molecule has 1 amide bonds. The van der Waals surface area contributed by atoms with Crippen molar-refractivity contribution in [2.45, 2.75) is 33.2 Å². The topological polar surface area (TPSA) is 67.2 Å². The highest BCUT2D eigenvalue weighted by molar-refractivity contribution is 6.43. The fraction of sp³-hybridized carbons (Fsp3) is 0.320. The summed E-state index contributed by atoms with van der Waals surface area (Å²) >= 11 is 0. The van der Waals surface area contributed by atoms with Gasteiger partial charge in [0.2, 0.25) is 0 Å². The lowest BCUT2D eigenvalue weighted by Crippen LogP contribution is -2.38. The summed E-state index contributed by atoms with van der Waals surface area (Å²) in [7, 11) is 3.93. The Labute approximate surface area is 183 Å². The molecule has 0 spiro atoms. The van der Waals surface area contributed by atoms with Crippen molar-refractivity contribution in [3.63, 3.8) is 0 Å². The normalized spacial score (nSPS) is 12.1. The third-order valence-corrected chi connectivity index (χ3v) is 5.58. The van der Waals surface area contributed by atoms with Crippen molar-refractivity contribution < 1.29 is 9.59 Å². The van der Waals surface area contributed by atoms with Crippen LogP contribution in [0.1, 0.15) is 45.8 Å². The van der Waals surface area contributed by atoms with Gasteiger partial charge in [-0.25, -0.2) is 4.68 Å². The molecular weight excluding hydrogens is 388 g/mol. The van der Waals surface area contributed by atoms with Gasteiger partial charge in [0.25, 0.3) is 11.7 Å². The number of nitrogens with one attached hydrogen (secondary N) is 1. The summed E-state index contributed by atoms with van der Waals surface area (Å²) in [5.41, 5.74) is 4.77. The number of amides is 1. The molecule has 1 unspecified atom stereocenters. The van der Waals surface area contributed by atoms with Crippen LogP contribution in [-0.2, 0) is 11.2 Å². The number of Topliss-reactive ketones (excluding diaryl/α,β-unsaturated/α-hetero) is 1. The lowest BCUT2D eigenvalue weighted by molar-refractivity contribution is -0.117. The molecule has 3 rings (SSSR count). The van der Waals surface area contributed by atoms with Crippen LogP contribution >= 0.6 is 0 Å². The lowest BCUT2D eigenvalue weighted by Gasteiger charge is -2.25. The molecule has 1 N–H and O–H groups in total. The standard InChI is InChI=1S/C25H30N4O2/c1-6-19-12-14-20(15-13-19)22(28(4)5)16-26-25(31)24(30)23-17(2)27-29(18(23)3)21-10-8-7-9-11-21/h7-15,22H,6,16H2,1-5H3,(H,26,31). The Morgan fingerprint density at radius 2 is 1.68 bits per heavy atom. The molecule has 0 fully saturated rings. The first-order valence-corrected chi connectivity index (χ1v) is 10.5. The molecule has 3 aromatic rings. The van der Waals surface area contributed by atoms with E-state index in [0.29, 0.717) is 23.5 Å². The SMILES string of the molecule is CCc1ccc(C(CNC(=O)C(=O)c2c(C)nn(-c3ccccc3)c2C)N(C)C)cc1. The third-order valence-electron chi connectivity index (χ3n) is 5.58. The molecule has 2 aromatic carbocycles. The van der Waals surface area contributed by atoms with E-state index in [9.17, 15) is 9.59 Å². The van der Waals surface area contributed by atoms with Gasteiger partial charge in [-0.05, 0) is 57.6 Å². The summed E-state index contributed by atoms with van der Waals surface area (Å²) < 4.78 is 1.70. The number of benzene rings is 2. The van der Waals surface area contributed by atoms with E-state index in [1.54, 1.807) is 11.6 Å². The smallest absolute Gasteiger partial charge is 0.292 e. The number of para-hydroxylation sites is 1. The fourth-order valence-electron chi connectivity index (χ4n) is 3.75. The van der Waals surface area contributed by atoms with Crippen molar-refractivity contribution in [3.05, 3.63) is 82.7 Å². The van der Waals surface area contributed by atoms with Crippen molar-refractivity contribution in [3.8, 4) is 5.69 Å². The van der Waals surface area contributed by atoms with Crippen LogP contribution in [0.15, 0.2) is 54.6 Å². The van der Waals surface area contributed by atoms with Gasteiger partial charge in [0, 0.05) is 6.54 Å². The quantitative estimate of drug-likeness (QED) is 0.448. The van der Waals surface area contributed by atoms with Crippen molar-refractivity contribution in [1.82, 2.24) is 20.0 Å². The minimum atomic E-state index is -0.615. The van der Waals surface area contributed by atoms with Crippen LogP contribution in [0.4, 0.5) is 0 Å². The Kier molecular flexibility index (Phi) is 7.02. The maximum atomic E-state index is 13.0. The molecule has 1 heterocycles. The number of aromatic nitrogens is 2. The predicted octanol–water partition coefficient (Wildman–Crippen LogP) is 3.65. The number of likely N-dealkylation sites (N-methyl/N-ethyl adjacent to an activating group) is 1. The van der Waals surface area contributed by atoms with E-state index in [0.717, 1.165) is 17.7 Å². The van der Waals surface area contributed by atoms with Crippen molar-refractivity contribution in [2.24, 2.45) is 0 Å². The van der Waals surface area contributed by atoms with E-state index in [4.69, 9.17) is 0 Å². The molecule has 6 heteroatoms. The highest BCUT2D eigenvalue weighted by Gasteiger charge is 2.26. The molecule has 162 valence electrons.